The van der Waals surface area contributed by atoms with Crippen LogP contribution in [0.15, 0.2) is 36.5 Å². The Balaban J connectivity index is 2.48. The molecule has 0 spiro atoms. The van der Waals surface area contributed by atoms with E-state index in [0.29, 0.717) is 5.56 Å². The molecule has 1 aromatic heterocycles. The molecule has 0 radical (unpaired) electrons. The highest BCUT2D eigenvalue weighted by Crippen LogP contribution is 2.33. The Kier molecular flexibility index (Phi) is 3.44. The van der Waals surface area contributed by atoms with Gasteiger partial charge < -0.3 is 10.8 Å². The summed E-state index contributed by atoms with van der Waals surface area (Å²) in [4.78, 5) is 3.99. The van der Waals surface area contributed by atoms with Gasteiger partial charge in [-0.3, -0.25) is 4.98 Å². The van der Waals surface area contributed by atoms with Crippen LogP contribution in [-0.4, -0.2) is 10.1 Å². The van der Waals surface area contributed by atoms with Gasteiger partial charge in [0.25, 0.3) is 0 Å². The minimum atomic E-state index is -4.41. The minimum Gasteiger partial charge on any atom is -0.397 e. The van der Waals surface area contributed by atoms with Crippen LogP contribution in [0.3, 0.4) is 0 Å². The number of aromatic nitrogens is 1. The zero-order chi connectivity index (χ0) is 14.0. The maximum atomic E-state index is 12.6. The minimum absolute atomic E-state index is 0.222. The fourth-order valence-corrected chi connectivity index (χ4v) is 1.70. The first-order chi connectivity index (χ1) is 8.91. The second kappa shape index (κ2) is 4.89. The molecule has 0 saturated carbocycles. The first-order valence-corrected chi connectivity index (χ1v) is 5.44. The third-order valence-corrected chi connectivity index (χ3v) is 2.62. The summed E-state index contributed by atoms with van der Waals surface area (Å²) in [6, 6.07) is 6.29. The second-order valence-corrected chi connectivity index (χ2v) is 4.02. The number of hydrogen-bond acceptors (Lipinski definition) is 3. The van der Waals surface area contributed by atoms with Crippen LogP contribution in [0.25, 0.3) is 11.3 Å². The number of hydrogen-bond donors (Lipinski definition) is 2. The number of nitrogen functional groups attached to an aromatic ring is 1. The largest absolute Gasteiger partial charge is 0.416 e. The Morgan fingerprint density at radius 2 is 1.95 bits per heavy atom. The molecule has 1 aromatic carbocycles. The SMILES string of the molecule is Nc1cc(CO)cnc1-c1cccc(C(F)(F)F)c1. The van der Waals surface area contributed by atoms with Crippen molar-refractivity contribution in [3.05, 3.63) is 47.7 Å². The van der Waals surface area contributed by atoms with Gasteiger partial charge in [0.2, 0.25) is 0 Å². The lowest BCUT2D eigenvalue weighted by atomic mass is 10.1. The van der Waals surface area contributed by atoms with Gasteiger partial charge >= 0.3 is 6.18 Å². The number of benzene rings is 1. The molecule has 0 atom stereocenters. The Hall–Kier alpha value is -2.08. The fourth-order valence-electron chi connectivity index (χ4n) is 1.70. The van der Waals surface area contributed by atoms with Crippen molar-refractivity contribution in [1.82, 2.24) is 4.98 Å². The van der Waals surface area contributed by atoms with E-state index in [2.05, 4.69) is 4.98 Å². The van der Waals surface area contributed by atoms with Gasteiger partial charge in [0.1, 0.15) is 0 Å². The number of pyridine rings is 1. The van der Waals surface area contributed by atoms with Crippen LogP contribution in [0.4, 0.5) is 18.9 Å². The molecule has 0 aliphatic carbocycles. The van der Waals surface area contributed by atoms with Gasteiger partial charge in [-0.2, -0.15) is 13.2 Å². The van der Waals surface area contributed by atoms with Crippen LogP contribution in [0.2, 0.25) is 0 Å². The summed E-state index contributed by atoms with van der Waals surface area (Å²) < 4.78 is 37.9. The van der Waals surface area contributed by atoms with Crippen LogP contribution in [0, 0.1) is 0 Å². The summed E-state index contributed by atoms with van der Waals surface area (Å²) in [7, 11) is 0. The topological polar surface area (TPSA) is 59.1 Å². The summed E-state index contributed by atoms with van der Waals surface area (Å²) in [6.45, 7) is -0.222. The Labute approximate surface area is 107 Å². The van der Waals surface area contributed by atoms with E-state index in [0.717, 1.165) is 12.1 Å². The van der Waals surface area contributed by atoms with E-state index >= 15 is 0 Å². The fraction of sp³-hybridized carbons (Fsp3) is 0.154. The number of aliphatic hydroxyl groups excluding tert-OH is 1. The lowest BCUT2D eigenvalue weighted by Gasteiger charge is -2.10. The van der Waals surface area contributed by atoms with Crippen molar-refractivity contribution in [3.8, 4) is 11.3 Å². The molecular formula is C13H11F3N2O. The van der Waals surface area contributed by atoms with Crippen LogP contribution in [-0.2, 0) is 12.8 Å². The van der Waals surface area contributed by atoms with Crippen LogP contribution >= 0.6 is 0 Å². The summed E-state index contributed by atoms with van der Waals surface area (Å²) >= 11 is 0. The van der Waals surface area contributed by atoms with E-state index in [9.17, 15) is 13.2 Å². The van der Waals surface area contributed by atoms with E-state index in [1.54, 1.807) is 0 Å². The highest BCUT2D eigenvalue weighted by atomic mass is 19.4. The van der Waals surface area contributed by atoms with Gasteiger partial charge in [0.15, 0.2) is 0 Å². The van der Waals surface area contributed by atoms with E-state index in [4.69, 9.17) is 10.8 Å². The highest BCUT2D eigenvalue weighted by Gasteiger charge is 2.30. The van der Waals surface area contributed by atoms with Crippen molar-refractivity contribution in [2.45, 2.75) is 12.8 Å². The number of anilines is 1. The lowest BCUT2D eigenvalue weighted by molar-refractivity contribution is -0.137. The smallest absolute Gasteiger partial charge is 0.397 e. The molecule has 0 saturated heterocycles. The van der Waals surface area contributed by atoms with Crippen LogP contribution in [0.5, 0.6) is 0 Å². The third kappa shape index (κ3) is 2.85. The number of nitrogens with two attached hydrogens (primary N) is 1. The van der Waals surface area contributed by atoms with Crippen molar-refractivity contribution in [2.75, 3.05) is 5.73 Å². The molecule has 6 heteroatoms. The molecule has 2 aromatic rings. The van der Waals surface area contributed by atoms with Gasteiger partial charge in [-0.1, -0.05) is 12.1 Å². The average Bonchev–Trinajstić information content (AvgIpc) is 2.37. The lowest BCUT2D eigenvalue weighted by Crippen LogP contribution is -2.05. The third-order valence-electron chi connectivity index (χ3n) is 2.62. The van der Waals surface area contributed by atoms with E-state index in [1.807, 2.05) is 0 Å². The summed E-state index contributed by atoms with van der Waals surface area (Å²) in [5.41, 5.74) is 6.27. The van der Waals surface area contributed by atoms with E-state index in [1.165, 1.54) is 24.4 Å². The van der Waals surface area contributed by atoms with Gasteiger partial charge in [0, 0.05) is 11.8 Å². The van der Waals surface area contributed by atoms with Gasteiger partial charge in [-0.15, -0.1) is 0 Å². The number of aliphatic hydroxyl groups is 1. The van der Waals surface area contributed by atoms with E-state index in [-0.39, 0.29) is 23.6 Å². The molecular weight excluding hydrogens is 257 g/mol. The maximum Gasteiger partial charge on any atom is 0.416 e. The zero-order valence-electron chi connectivity index (χ0n) is 9.78. The molecule has 1 heterocycles. The van der Waals surface area contributed by atoms with Crippen molar-refractivity contribution in [3.63, 3.8) is 0 Å². The molecule has 100 valence electrons. The first-order valence-electron chi connectivity index (χ1n) is 5.44. The molecule has 2 rings (SSSR count). The quantitative estimate of drug-likeness (QED) is 0.880. The monoisotopic (exact) mass is 268 g/mol. The molecule has 0 unspecified atom stereocenters. The molecule has 0 amide bonds. The van der Waals surface area contributed by atoms with Crippen LogP contribution in [0.1, 0.15) is 11.1 Å². The zero-order valence-corrected chi connectivity index (χ0v) is 9.78. The van der Waals surface area contributed by atoms with Gasteiger partial charge in [-0.05, 0) is 23.8 Å². The number of rotatable bonds is 2. The molecule has 0 aliphatic heterocycles. The molecule has 0 aliphatic rings. The number of nitrogens with zero attached hydrogens (tertiary/aromatic N) is 1. The van der Waals surface area contributed by atoms with Gasteiger partial charge in [0.05, 0.1) is 23.6 Å². The standard InChI is InChI=1S/C13H11F3N2O/c14-13(15,16)10-3-1-2-9(5-10)12-11(17)4-8(7-19)6-18-12/h1-6,19H,7,17H2. The Bertz CT molecular complexity index is 597. The molecule has 3 N–H and O–H groups in total. The first kappa shape index (κ1) is 13.4. The van der Waals surface area contributed by atoms with E-state index < -0.39 is 11.7 Å². The molecule has 0 fully saturated rings. The Morgan fingerprint density at radius 3 is 2.53 bits per heavy atom. The van der Waals surface area contributed by atoms with Crippen molar-refractivity contribution in [2.24, 2.45) is 0 Å². The van der Waals surface area contributed by atoms with Crippen molar-refractivity contribution in [1.29, 1.82) is 0 Å². The van der Waals surface area contributed by atoms with Crippen molar-refractivity contribution >= 4 is 5.69 Å². The Morgan fingerprint density at radius 1 is 1.21 bits per heavy atom. The average molecular weight is 268 g/mol. The summed E-state index contributed by atoms with van der Waals surface area (Å²) in [6.07, 6.45) is -3.03. The molecule has 3 nitrogen and oxygen atoms in total. The summed E-state index contributed by atoms with van der Waals surface area (Å²) in [5, 5.41) is 8.93. The molecule has 19 heavy (non-hydrogen) atoms. The maximum absolute atomic E-state index is 12.6. The predicted molar refractivity (Wildman–Crippen MR) is 65.0 cm³/mol. The highest BCUT2D eigenvalue weighted by molar-refractivity contribution is 5.73. The number of alkyl halides is 3. The second-order valence-electron chi connectivity index (χ2n) is 4.02. The molecule has 0 bridgehead atoms. The normalized spacial score (nSPS) is 11.6. The van der Waals surface area contributed by atoms with Crippen LogP contribution < -0.4 is 5.73 Å². The number of halogens is 3. The predicted octanol–water partition coefficient (Wildman–Crippen LogP) is 2.84. The summed E-state index contributed by atoms with van der Waals surface area (Å²) in [5.74, 6) is 0. The van der Waals surface area contributed by atoms with Gasteiger partial charge in [-0.25, -0.2) is 0 Å². The van der Waals surface area contributed by atoms with Crippen molar-refractivity contribution < 1.29 is 18.3 Å².